The standard InChI is InChI=1S/C18H19N3O2S.C4H4O4/c1-14-6-3-4-8-17(14)18-10-15(11-19-2)13-21(18)24(22,23)16-7-5-9-20-12-16;5-3(6)1-2-4(7)8/h3-10,12-13,19H,11H2,1-2H3;1-2H,(H,5,6)(H,7,8)/b;2-1+. The highest BCUT2D eigenvalue weighted by Gasteiger charge is 2.22. The molecule has 9 nitrogen and oxygen atoms in total. The highest BCUT2D eigenvalue weighted by molar-refractivity contribution is 7.90. The van der Waals surface area contributed by atoms with Gasteiger partial charge in [0.25, 0.3) is 10.0 Å². The summed E-state index contributed by atoms with van der Waals surface area (Å²) in [5.41, 5.74) is 3.48. The molecule has 3 rings (SSSR count). The lowest BCUT2D eigenvalue weighted by Gasteiger charge is -2.12. The molecule has 0 fully saturated rings. The number of aryl methyl sites for hydroxylation is 1. The molecule has 168 valence electrons. The minimum atomic E-state index is -3.71. The van der Waals surface area contributed by atoms with E-state index in [0.717, 1.165) is 16.7 Å². The van der Waals surface area contributed by atoms with E-state index in [9.17, 15) is 18.0 Å². The number of benzene rings is 1. The van der Waals surface area contributed by atoms with Crippen LogP contribution in [0.5, 0.6) is 0 Å². The molecule has 3 N–H and O–H groups in total. The molecule has 0 unspecified atom stereocenters. The summed E-state index contributed by atoms with van der Waals surface area (Å²) < 4.78 is 27.5. The van der Waals surface area contributed by atoms with Gasteiger partial charge in [-0.2, -0.15) is 0 Å². The van der Waals surface area contributed by atoms with Gasteiger partial charge in [0, 0.05) is 42.9 Å². The summed E-state index contributed by atoms with van der Waals surface area (Å²) in [5, 5.41) is 18.7. The van der Waals surface area contributed by atoms with E-state index in [1.165, 1.54) is 10.2 Å². The molecular weight excluding hydrogens is 434 g/mol. The predicted octanol–water partition coefficient (Wildman–Crippen LogP) is 2.53. The fourth-order valence-electron chi connectivity index (χ4n) is 2.81. The second-order valence-electron chi connectivity index (χ2n) is 6.58. The van der Waals surface area contributed by atoms with E-state index in [4.69, 9.17) is 10.2 Å². The van der Waals surface area contributed by atoms with Crippen LogP contribution in [0.15, 0.2) is 78.1 Å². The summed E-state index contributed by atoms with van der Waals surface area (Å²) >= 11 is 0. The van der Waals surface area contributed by atoms with Gasteiger partial charge in [-0.1, -0.05) is 24.3 Å². The fraction of sp³-hybridized carbons (Fsp3) is 0.136. The van der Waals surface area contributed by atoms with Crippen molar-refractivity contribution >= 4 is 22.0 Å². The Hall–Kier alpha value is -3.76. The molecule has 0 aliphatic carbocycles. The van der Waals surface area contributed by atoms with Crippen molar-refractivity contribution in [2.45, 2.75) is 18.4 Å². The van der Waals surface area contributed by atoms with Gasteiger partial charge in [0.2, 0.25) is 0 Å². The largest absolute Gasteiger partial charge is 0.478 e. The second kappa shape index (κ2) is 11.0. The molecule has 0 aliphatic heterocycles. The molecule has 0 atom stereocenters. The number of nitrogens with zero attached hydrogens (tertiary/aromatic N) is 2. The Bertz CT molecular complexity index is 1200. The molecule has 0 amide bonds. The predicted molar refractivity (Wildman–Crippen MR) is 119 cm³/mol. The summed E-state index contributed by atoms with van der Waals surface area (Å²) in [6.07, 6.45) is 5.71. The first-order valence-corrected chi connectivity index (χ1v) is 10.8. The van der Waals surface area contributed by atoms with Gasteiger partial charge < -0.3 is 15.5 Å². The lowest BCUT2D eigenvalue weighted by atomic mass is 10.1. The third-order valence-corrected chi connectivity index (χ3v) is 5.86. The number of aromatic nitrogens is 2. The molecule has 10 heteroatoms. The number of aliphatic carboxylic acids is 2. The van der Waals surface area contributed by atoms with Crippen molar-refractivity contribution in [2.75, 3.05) is 7.05 Å². The van der Waals surface area contributed by atoms with Crippen molar-refractivity contribution in [1.29, 1.82) is 0 Å². The first-order valence-electron chi connectivity index (χ1n) is 9.38. The molecule has 2 heterocycles. The third kappa shape index (κ3) is 6.37. The SMILES string of the molecule is CNCc1cc(-c2ccccc2C)n(S(=O)(=O)c2cccnc2)c1.O=C(O)/C=C/C(=O)O. The Labute approximate surface area is 185 Å². The number of rotatable bonds is 7. The van der Waals surface area contributed by atoms with Crippen LogP contribution in [-0.4, -0.2) is 46.6 Å². The summed E-state index contributed by atoms with van der Waals surface area (Å²) in [5.74, 6) is -2.51. The van der Waals surface area contributed by atoms with E-state index >= 15 is 0 Å². The number of hydrogen-bond acceptors (Lipinski definition) is 6. The monoisotopic (exact) mass is 457 g/mol. The van der Waals surface area contributed by atoms with Crippen LogP contribution in [0.25, 0.3) is 11.3 Å². The van der Waals surface area contributed by atoms with Crippen LogP contribution >= 0.6 is 0 Å². The van der Waals surface area contributed by atoms with Gasteiger partial charge in [0.05, 0.1) is 5.69 Å². The van der Waals surface area contributed by atoms with Gasteiger partial charge in [0.15, 0.2) is 0 Å². The van der Waals surface area contributed by atoms with Gasteiger partial charge >= 0.3 is 11.9 Å². The number of carboxylic acids is 2. The highest BCUT2D eigenvalue weighted by Crippen LogP contribution is 2.29. The van der Waals surface area contributed by atoms with Crippen LogP contribution in [0, 0.1) is 6.92 Å². The molecule has 0 saturated heterocycles. The molecule has 0 radical (unpaired) electrons. The molecule has 2 aromatic heterocycles. The van der Waals surface area contributed by atoms with E-state index in [-0.39, 0.29) is 4.90 Å². The highest BCUT2D eigenvalue weighted by atomic mass is 32.2. The number of pyridine rings is 1. The maximum atomic E-state index is 13.1. The summed E-state index contributed by atoms with van der Waals surface area (Å²) in [7, 11) is -1.87. The molecule has 0 aliphatic rings. The molecule has 1 aromatic carbocycles. The van der Waals surface area contributed by atoms with E-state index < -0.39 is 22.0 Å². The zero-order valence-corrected chi connectivity index (χ0v) is 18.3. The van der Waals surface area contributed by atoms with Crippen LogP contribution in [0.1, 0.15) is 11.1 Å². The number of carboxylic acid groups (broad SMARTS) is 2. The Morgan fingerprint density at radius 3 is 2.28 bits per heavy atom. The summed E-state index contributed by atoms with van der Waals surface area (Å²) in [6, 6.07) is 12.8. The lowest BCUT2D eigenvalue weighted by Crippen LogP contribution is -2.14. The summed E-state index contributed by atoms with van der Waals surface area (Å²) in [4.78, 5) is 23.2. The van der Waals surface area contributed by atoms with E-state index in [1.54, 1.807) is 24.5 Å². The van der Waals surface area contributed by atoms with Crippen molar-refractivity contribution in [2.24, 2.45) is 0 Å². The van der Waals surface area contributed by atoms with Crippen molar-refractivity contribution in [3.05, 3.63) is 84.3 Å². The molecular formula is C22H23N3O6S. The fourth-order valence-corrected chi connectivity index (χ4v) is 4.16. The molecule has 3 aromatic rings. The van der Waals surface area contributed by atoms with Crippen LogP contribution in [0.2, 0.25) is 0 Å². The number of carbonyl (C=O) groups is 2. The van der Waals surface area contributed by atoms with E-state index in [2.05, 4.69) is 10.3 Å². The van der Waals surface area contributed by atoms with Gasteiger partial charge in [-0.15, -0.1) is 0 Å². The minimum absolute atomic E-state index is 0.173. The quantitative estimate of drug-likeness (QED) is 0.460. The molecule has 0 bridgehead atoms. The number of hydrogen-bond donors (Lipinski definition) is 3. The Morgan fingerprint density at radius 1 is 1.09 bits per heavy atom. The third-order valence-electron chi connectivity index (χ3n) is 4.20. The molecule has 0 spiro atoms. The van der Waals surface area contributed by atoms with Crippen molar-refractivity contribution in [1.82, 2.24) is 14.3 Å². The number of nitrogens with one attached hydrogen (secondary N) is 1. The molecule has 0 saturated carbocycles. The smallest absolute Gasteiger partial charge is 0.328 e. The Morgan fingerprint density at radius 2 is 1.75 bits per heavy atom. The topological polar surface area (TPSA) is 139 Å². The maximum absolute atomic E-state index is 13.1. The Kier molecular flexibility index (Phi) is 8.45. The van der Waals surface area contributed by atoms with Gasteiger partial charge in [-0.25, -0.2) is 22.0 Å². The van der Waals surface area contributed by atoms with Crippen molar-refractivity contribution in [3.8, 4) is 11.3 Å². The van der Waals surface area contributed by atoms with Crippen LogP contribution in [0.3, 0.4) is 0 Å². The van der Waals surface area contributed by atoms with Crippen molar-refractivity contribution in [3.63, 3.8) is 0 Å². The van der Waals surface area contributed by atoms with Crippen LogP contribution < -0.4 is 5.32 Å². The second-order valence-corrected chi connectivity index (χ2v) is 8.39. The van der Waals surface area contributed by atoms with Crippen LogP contribution in [-0.2, 0) is 26.2 Å². The molecule has 32 heavy (non-hydrogen) atoms. The zero-order chi connectivity index (χ0) is 23.7. The lowest BCUT2D eigenvalue weighted by molar-refractivity contribution is -0.134. The Balaban J connectivity index is 0.000000390. The van der Waals surface area contributed by atoms with Gasteiger partial charge in [0.1, 0.15) is 4.90 Å². The van der Waals surface area contributed by atoms with E-state index in [0.29, 0.717) is 24.4 Å². The first kappa shape index (κ1) is 24.5. The minimum Gasteiger partial charge on any atom is -0.478 e. The van der Waals surface area contributed by atoms with Gasteiger partial charge in [-0.05, 0) is 43.3 Å². The van der Waals surface area contributed by atoms with Crippen molar-refractivity contribution < 1.29 is 28.2 Å². The van der Waals surface area contributed by atoms with Crippen LogP contribution in [0.4, 0.5) is 0 Å². The maximum Gasteiger partial charge on any atom is 0.328 e. The average Bonchev–Trinajstić information content (AvgIpc) is 3.18. The first-order chi connectivity index (χ1) is 15.2. The van der Waals surface area contributed by atoms with Gasteiger partial charge in [-0.3, -0.25) is 4.98 Å². The zero-order valence-electron chi connectivity index (χ0n) is 17.5. The van der Waals surface area contributed by atoms with E-state index in [1.807, 2.05) is 44.3 Å². The average molecular weight is 458 g/mol. The normalized spacial score (nSPS) is 11.1. The summed E-state index contributed by atoms with van der Waals surface area (Å²) in [6.45, 7) is 2.57.